The Morgan fingerprint density at radius 1 is 1.18 bits per heavy atom. The maximum absolute atomic E-state index is 13.5. The number of fused-ring (bicyclic) bond motifs is 1. The number of halogens is 1. The molecule has 0 bridgehead atoms. The van der Waals surface area contributed by atoms with Crippen molar-refractivity contribution in [3.8, 4) is 11.4 Å². The highest BCUT2D eigenvalue weighted by molar-refractivity contribution is 5.50. The first-order chi connectivity index (χ1) is 16.0. The molecule has 0 radical (unpaired) electrons. The molecule has 1 atom stereocenters. The Morgan fingerprint density at radius 2 is 2.00 bits per heavy atom. The van der Waals surface area contributed by atoms with E-state index in [9.17, 15) is 9.18 Å². The number of nitrogens with zero attached hydrogens (tertiary/aromatic N) is 4. The van der Waals surface area contributed by atoms with E-state index in [4.69, 9.17) is 4.74 Å². The molecule has 3 heterocycles. The molecule has 1 aliphatic rings. The number of benzene rings is 2. The number of ether oxygens (including phenoxy) is 1. The molecule has 1 aliphatic heterocycles. The summed E-state index contributed by atoms with van der Waals surface area (Å²) in [5.74, 6) is 0.935. The molecule has 0 saturated heterocycles. The monoisotopic (exact) mass is 445 g/mol. The molecule has 4 aromatic rings. The Bertz CT molecular complexity index is 1360. The van der Waals surface area contributed by atoms with Crippen molar-refractivity contribution in [1.29, 1.82) is 0 Å². The smallest absolute Gasteiger partial charge is 0.258 e. The van der Waals surface area contributed by atoms with E-state index in [0.717, 1.165) is 28.9 Å². The summed E-state index contributed by atoms with van der Waals surface area (Å²) in [5, 5.41) is 3.20. The average Bonchev–Trinajstić information content (AvgIpc) is 3.27. The first kappa shape index (κ1) is 20.9. The number of anilines is 1. The van der Waals surface area contributed by atoms with Gasteiger partial charge in [-0.3, -0.25) is 9.36 Å². The lowest BCUT2D eigenvalue weighted by molar-refractivity contribution is 0.412. The number of hydrogen-bond donors (Lipinski definition) is 1. The molecule has 0 amide bonds. The molecule has 8 heteroatoms. The maximum Gasteiger partial charge on any atom is 0.258 e. The van der Waals surface area contributed by atoms with Crippen molar-refractivity contribution < 1.29 is 9.13 Å². The van der Waals surface area contributed by atoms with Crippen LogP contribution in [0.3, 0.4) is 0 Å². The Hall–Kier alpha value is -3.94. The summed E-state index contributed by atoms with van der Waals surface area (Å²) in [7, 11) is 1.63. The molecular formula is C25H24FN5O2. The predicted molar refractivity (Wildman–Crippen MR) is 124 cm³/mol. The third kappa shape index (κ3) is 4.00. The van der Waals surface area contributed by atoms with E-state index in [0.29, 0.717) is 30.2 Å². The first-order valence-electron chi connectivity index (χ1n) is 10.8. The molecule has 1 unspecified atom stereocenters. The first-order valence-corrected chi connectivity index (χ1v) is 10.8. The number of methoxy groups -OCH3 is 1. The van der Waals surface area contributed by atoms with Crippen LogP contribution in [0.5, 0.6) is 5.75 Å². The van der Waals surface area contributed by atoms with Gasteiger partial charge in [0, 0.05) is 30.9 Å². The maximum atomic E-state index is 13.5. The van der Waals surface area contributed by atoms with Crippen LogP contribution in [-0.2, 0) is 6.42 Å². The average molecular weight is 445 g/mol. The second-order valence-corrected chi connectivity index (χ2v) is 8.17. The highest BCUT2D eigenvalue weighted by atomic mass is 19.1. The molecule has 33 heavy (non-hydrogen) atoms. The van der Waals surface area contributed by atoms with Crippen LogP contribution >= 0.6 is 0 Å². The van der Waals surface area contributed by atoms with Crippen molar-refractivity contribution in [2.75, 3.05) is 19.0 Å². The van der Waals surface area contributed by atoms with Gasteiger partial charge in [-0.25, -0.2) is 14.4 Å². The minimum Gasteiger partial charge on any atom is -0.495 e. The predicted octanol–water partition coefficient (Wildman–Crippen LogP) is 3.88. The Kier molecular flexibility index (Phi) is 5.42. The van der Waals surface area contributed by atoms with Gasteiger partial charge in [-0.15, -0.1) is 0 Å². The van der Waals surface area contributed by atoms with Gasteiger partial charge < -0.3 is 14.6 Å². The van der Waals surface area contributed by atoms with Gasteiger partial charge in [0.15, 0.2) is 0 Å². The summed E-state index contributed by atoms with van der Waals surface area (Å²) in [5.41, 5.74) is 4.11. The van der Waals surface area contributed by atoms with Gasteiger partial charge in [-0.05, 0) is 48.7 Å². The summed E-state index contributed by atoms with van der Waals surface area (Å²) in [6.45, 7) is 2.63. The van der Waals surface area contributed by atoms with Gasteiger partial charge in [0.1, 0.15) is 11.6 Å². The Labute approximate surface area is 190 Å². The van der Waals surface area contributed by atoms with Gasteiger partial charge in [0.05, 0.1) is 30.9 Å². The topological polar surface area (TPSA) is 74.0 Å². The van der Waals surface area contributed by atoms with Gasteiger partial charge in [-0.1, -0.05) is 18.2 Å². The fourth-order valence-electron chi connectivity index (χ4n) is 4.32. The normalized spacial score (nSPS) is 15.1. The number of aromatic nitrogens is 4. The molecule has 5 rings (SSSR count). The molecule has 2 aromatic heterocycles. The Balaban J connectivity index is 1.49. The third-order valence-electron chi connectivity index (χ3n) is 5.96. The quantitative estimate of drug-likeness (QED) is 0.505. The highest BCUT2D eigenvalue weighted by Gasteiger charge is 2.24. The number of aryl methyl sites for hydroxylation is 1. The molecule has 168 valence electrons. The number of nitrogens with one attached hydrogen (secondary N) is 1. The van der Waals surface area contributed by atoms with Crippen LogP contribution in [0, 0.1) is 12.7 Å². The van der Waals surface area contributed by atoms with Gasteiger partial charge in [-0.2, -0.15) is 0 Å². The molecule has 0 fully saturated rings. The van der Waals surface area contributed by atoms with E-state index in [1.54, 1.807) is 36.3 Å². The summed E-state index contributed by atoms with van der Waals surface area (Å²) in [6, 6.07) is 12.0. The van der Waals surface area contributed by atoms with Crippen LogP contribution in [0.25, 0.3) is 5.69 Å². The van der Waals surface area contributed by atoms with Gasteiger partial charge in [0.2, 0.25) is 5.95 Å². The van der Waals surface area contributed by atoms with Crippen molar-refractivity contribution >= 4 is 5.95 Å². The molecule has 0 saturated carbocycles. The van der Waals surface area contributed by atoms with Crippen molar-refractivity contribution in [1.82, 2.24) is 19.1 Å². The van der Waals surface area contributed by atoms with E-state index < -0.39 is 0 Å². The summed E-state index contributed by atoms with van der Waals surface area (Å²) < 4.78 is 22.6. The zero-order valence-corrected chi connectivity index (χ0v) is 18.5. The van der Waals surface area contributed by atoms with Crippen LogP contribution < -0.4 is 15.6 Å². The summed E-state index contributed by atoms with van der Waals surface area (Å²) in [6.07, 6.45) is 6.45. The second kappa shape index (κ2) is 8.54. The van der Waals surface area contributed by atoms with Gasteiger partial charge >= 0.3 is 0 Å². The molecule has 1 N–H and O–H groups in total. The standard InChI is InChI=1S/C25H24FN5O2/c1-16-14-30(15-29-16)22-8-3-17(12-23(22)33-2)11-19-13-28-25-27-10-9-21(31(25)24(19)32)18-4-6-20(26)7-5-18/h3-8,12-15,21H,9-11H2,1-2H3,(H,27,28). The summed E-state index contributed by atoms with van der Waals surface area (Å²) >= 11 is 0. The van der Waals surface area contributed by atoms with Crippen molar-refractivity contribution in [2.24, 2.45) is 0 Å². The zero-order chi connectivity index (χ0) is 22.9. The fourth-order valence-corrected chi connectivity index (χ4v) is 4.32. The van der Waals surface area contributed by atoms with Crippen LogP contribution in [0.1, 0.15) is 34.8 Å². The number of imidazole rings is 1. The summed E-state index contributed by atoms with van der Waals surface area (Å²) in [4.78, 5) is 22.3. The lowest BCUT2D eigenvalue weighted by Gasteiger charge is -2.28. The van der Waals surface area contributed by atoms with Crippen molar-refractivity contribution in [3.63, 3.8) is 0 Å². The van der Waals surface area contributed by atoms with Crippen LogP contribution in [0.4, 0.5) is 10.3 Å². The van der Waals surface area contributed by atoms with E-state index in [1.807, 2.05) is 35.9 Å². The van der Waals surface area contributed by atoms with Crippen molar-refractivity contribution in [2.45, 2.75) is 25.8 Å². The molecule has 7 nitrogen and oxygen atoms in total. The number of rotatable bonds is 5. The lowest BCUT2D eigenvalue weighted by Crippen LogP contribution is -2.36. The molecular weight excluding hydrogens is 421 g/mol. The molecule has 0 spiro atoms. The minimum atomic E-state index is -0.296. The minimum absolute atomic E-state index is 0.102. The van der Waals surface area contributed by atoms with E-state index >= 15 is 0 Å². The van der Waals surface area contributed by atoms with E-state index in [-0.39, 0.29) is 17.4 Å². The van der Waals surface area contributed by atoms with Crippen LogP contribution in [0.2, 0.25) is 0 Å². The van der Waals surface area contributed by atoms with E-state index in [1.165, 1.54) is 12.1 Å². The van der Waals surface area contributed by atoms with Crippen LogP contribution in [0.15, 0.2) is 66.0 Å². The molecule has 0 aliphatic carbocycles. The van der Waals surface area contributed by atoms with Crippen LogP contribution in [-0.4, -0.2) is 32.8 Å². The highest BCUT2D eigenvalue weighted by Crippen LogP contribution is 2.28. The SMILES string of the molecule is COc1cc(Cc2cnc3n(c2=O)C(c2ccc(F)cc2)CCN3)ccc1-n1cnc(C)c1. The number of hydrogen-bond acceptors (Lipinski definition) is 5. The lowest BCUT2D eigenvalue weighted by atomic mass is 10.0. The third-order valence-corrected chi connectivity index (χ3v) is 5.96. The second-order valence-electron chi connectivity index (χ2n) is 8.17. The zero-order valence-electron chi connectivity index (χ0n) is 18.5. The fraction of sp³-hybridized carbons (Fsp3) is 0.240. The Morgan fingerprint density at radius 3 is 2.73 bits per heavy atom. The largest absolute Gasteiger partial charge is 0.495 e. The molecule has 2 aromatic carbocycles. The van der Waals surface area contributed by atoms with E-state index in [2.05, 4.69) is 15.3 Å². The van der Waals surface area contributed by atoms with Crippen molar-refractivity contribution in [3.05, 3.63) is 99.7 Å². The van der Waals surface area contributed by atoms with Gasteiger partial charge in [0.25, 0.3) is 5.56 Å².